The molecular weight excluding hydrogens is 815 g/mol. The first-order valence-corrected chi connectivity index (χ1v) is 28.9. The third-order valence-electron chi connectivity index (χ3n) is 13.1. The molecule has 0 aliphatic carbocycles. The van der Waals surface area contributed by atoms with E-state index >= 15 is 0 Å². The number of carbonyl (C=O) groups excluding carboxylic acids is 2. The van der Waals surface area contributed by atoms with Gasteiger partial charge in [0.2, 0.25) is 5.91 Å². The van der Waals surface area contributed by atoms with Gasteiger partial charge >= 0.3 is 5.97 Å². The summed E-state index contributed by atoms with van der Waals surface area (Å²) in [6, 6.07) is -0.706. The number of hydrogen-bond acceptors (Lipinski definition) is 5. The van der Waals surface area contributed by atoms with Gasteiger partial charge in [0.15, 0.2) is 0 Å². The van der Waals surface area contributed by atoms with E-state index in [9.17, 15) is 19.8 Å². The Kier molecular flexibility index (Phi) is 52.0. The standard InChI is InChI=1S/C60H111NO5/c1-4-7-10-13-16-19-22-25-28-30-31-33-36-39-42-45-48-51-56(66-60(65)53-50-47-44-41-38-35-27-24-21-18-15-12-9-6-3)54-59(64)61-57(55-62)58(63)52-49-46-43-40-37-34-32-29-26-23-20-17-14-11-8-5-2/h9,12,16,18-19,21,25,28,56-58,62-63H,4-8,10-11,13-15,17,20,22-24,26-27,29-55H2,1-3H3,(H,61,64)/b12-9+,19-16-,21-18+,28-25-. The lowest BCUT2D eigenvalue weighted by Gasteiger charge is -2.24. The molecule has 0 aliphatic rings. The van der Waals surface area contributed by atoms with Crippen LogP contribution in [0.25, 0.3) is 0 Å². The van der Waals surface area contributed by atoms with Gasteiger partial charge < -0.3 is 20.3 Å². The number of ether oxygens (including phenoxy) is 1. The third kappa shape index (κ3) is 48.3. The molecule has 1 amide bonds. The predicted octanol–water partition coefficient (Wildman–Crippen LogP) is 17.8. The predicted molar refractivity (Wildman–Crippen MR) is 287 cm³/mol. The maximum absolute atomic E-state index is 13.3. The van der Waals surface area contributed by atoms with Crippen LogP contribution in [0.4, 0.5) is 0 Å². The lowest BCUT2D eigenvalue weighted by atomic mass is 10.0. The lowest BCUT2D eigenvalue weighted by Crippen LogP contribution is -2.46. The van der Waals surface area contributed by atoms with Gasteiger partial charge in [-0.15, -0.1) is 0 Å². The van der Waals surface area contributed by atoms with Crippen LogP contribution in [0.2, 0.25) is 0 Å². The van der Waals surface area contributed by atoms with Crippen molar-refractivity contribution in [1.29, 1.82) is 0 Å². The van der Waals surface area contributed by atoms with Crippen molar-refractivity contribution in [3.8, 4) is 0 Å². The van der Waals surface area contributed by atoms with Crippen molar-refractivity contribution < 1.29 is 24.5 Å². The van der Waals surface area contributed by atoms with E-state index in [1.54, 1.807) is 0 Å². The fraction of sp³-hybridized carbons (Fsp3) is 0.833. The van der Waals surface area contributed by atoms with Crippen molar-refractivity contribution >= 4 is 11.9 Å². The molecule has 6 heteroatoms. The molecule has 0 aromatic carbocycles. The maximum Gasteiger partial charge on any atom is 0.306 e. The van der Waals surface area contributed by atoms with E-state index in [1.807, 2.05) is 0 Å². The summed E-state index contributed by atoms with van der Waals surface area (Å²) < 4.78 is 5.96. The zero-order valence-electron chi connectivity index (χ0n) is 44.1. The lowest BCUT2D eigenvalue weighted by molar-refractivity contribution is -0.151. The summed E-state index contributed by atoms with van der Waals surface area (Å²) in [6.07, 6.45) is 66.0. The third-order valence-corrected chi connectivity index (χ3v) is 13.1. The van der Waals surface area contributed by atoms with Gasteiger partial charge in [-0.2, -0.15) is 0 Å². The molecule has 0 saturated carbocycles. The summed E-state index contributed by atoms with van der Waals surface area (Å²) in [7, 11) is 0. The Hall–Kier alpha value is -2.18. The van der Waals surface area contributed by atoms with Crippen LogP contribution < -0.4 is 5.32 Å². The zero-order chi connectivity index (χ0) is 48.1. The average molecular weight is 927 g/mol. The Bertz CT molecular complexity index is 1130. The monoisotopic (exact) mass is 926 g/mol. The van der Waals surface area contributed by atoms with E-state index in [0.29, 0.717) is 19.3 Å². The first-order chi connectivity index (χ1) is 32.5. The Morgan fingerprint density at radius 2 is 0.818 bits per heavy atom. The van der Waals surface area contributed by atoms with E-state index in [1.165, 1.54) is 167 Å². The highest BCUT2D eigenvalue weighted by Crippen LogP contribution is 2.18. The Morgan fingerprint density at radius 1 is 0.455 bits per heavy atom. The maximum atomic E-state index is 13.3. The highest BCUT2D eigenvalue weighted by molar-refractivity contribution is 5.77. The van der Waals surface area contributed by atoms with E-state index in [-0.39, 0.29) is 24.9 Å². The number of unbranched alkanes of at least 4 members (excludes halogenated alkanes) is 32. The minimum absolute atomic E-state index is 0.0702. The molecular formula is C60H111NO5. The fourth-order valence-electron chi connectivity index (χ4n) is 8.79. The number of nitrogens with one attached hydrogen (secondary N) is 1. The summed E-state index contributed by atoms with van der Waals surface area (Å²) in [5, 5.41) is 23.9. The summed E-state index contributed by atoms with van der Waals surface area (Å²) >= 11 is 0. The number of aliphatic hydroxyl groups is 2. The number of aliphatic hydroxyl groups excluding tert-OH is 2. The largest absolute Gasteiger partial charge is 0.462 e. The smallest absolute Gasteiger partial charge is 0.306 e. The number of hydrogen-bond donors (Lipinski definition) is 3. The van der Waals surface area contributed by atoms with Crippen LogP contribution in [-0.4, -0.2) is 46.9 Å². The van der Waals surface area contributed by atoms with Crippen LogP contribution in [0.5, 0.6) is 0 Å². The van der Waals surface area contributed by atoms with Gasteiger partial charge in [0, 0.05) is 6.42 Å². The first-order valence-electron chi connectivity index (χ1n) is 28.9. The SMILES string of the molecule is CC/C=C/C/C=C/CCCCCCCCCC(=O)OC(CCCCCCCCC/C=C\C/C=C\CCCCC)CC(=O)NC(CO)C(O)CCCCCCCCCCCCCCCCCC. The Balaban J connectivity index is 4.56. The van der Waals surface area contributed by atoms with E-state index < -0.39 is 18.2 Å². The molecule has 6 nitrogen and oxygen atoms in total. The molecule has 3 N–H and O–H groups in total. The normalized spacial score (nSPS) is 13.5. The number of rotatable bonds is 52. The van der Waals surface area contributed by atoms with Crippen molar-refractivity contribution in [2.24, 2.45) is 0 Å². The van der Waals surface area contributed by atoms with Gasteiger partial charge in [-0.25, -0.2) is 0 Å². The van der Waals surface area contributed by atoms with Crippen molar-refractivity contribution in [1.82, 2.24) is 5.32 Å². The number of amides is 1. The molecule has 0 spiro atoms. The Labute approximate surface area is 410 Å². The average Bonchev–Trinajstić information content (AvgIpc) is 3.31. The van der Waals surface area contributed by atoms with E-state index in [0.717, 1.165) is 83.5 Å². The molecule has 0 aromatic heterocycles. The summed E-state index contributed by atoms with van der Waals surface area (Å²) in [5.74, 6) is -0.480. The first kappa shape index (κ1) is 63.8. The van der Waals surface area contributed by atoms with Gasteiger partial charge in [0.05, 0.1) is 25.2 Å². The van der Waals surface area contributed by atoms with Crippen LogP contribution in [0.1, 0.15) is 297 Å². The summed E-state index contributed by atoms with van der Waals surface area (Å²) in [5.41, 5.74) is 0. The number of carbonyl (C=O) groups is 2. The van der Waals surface area contributed by atoms with Crippen LogP contribution in [0.3, 0.4) is 0 Å². The minimum atomic E-state index is -0.792. The molecule has 66 heavy (non-hydrogen) atoms. The molecule has 0 bridgehead atoms. The topological polar surface area (TPSA) is 95.9 Å². The Morgan fingerprint density at radius 3 is 1.26 bits per heavy atom. The highest BCUT2D eigenvalue weighted by atomic mass is 16.5. The molecule has 0 saturated heterocycles. The van der Waals surface area contributed by atoms with Crippen molar-refractivity contribution in [2.75, 3.05) is 6.61 Å². The second kappa shape index (κ2) is 53.8. The molecule has 3 atom stereocenters. The van der Waals surface area contributed by atoms with Crippen LogP contribution >= 0.6 is 0 Å². The highest BCUT2D eigenvalue weighted by Gasteiger charge is 2.24. The number of allylic oxidation sites excluding steroid dienone is 8. The van der Waals surface area contributed by atoms with Crippen LogP contribution in [0.15, 0.2) is 48.6 Å². The van der Waals surface area contributed by atoms with Gasteiger partial charge in [0.1, 0.15) is 6.10 Å². The quantitative estimate of drug-likeness (QED) is 0.0321. The molecule has 386 valence electrons. The summed E-state index contributed by atoms with van der Waals surface area (Å²) in [6.45, 7) is 6.38. The fourth-order valence-corrected chi connectivity index (χ4v) is 8.79. The number of esters is 1. The van der Waals surface area contributed by atoms with Gasteiger partial charge in [0.25, 0.3) is 0 Å². The molecule has 0 aliphatic heterocycles. The van der Waals surface area contributed by atoms with E-state index in [4.69, 9.17) is 4.74 Å². The van der Waals surface area contributed by atoms with Gasteiger partial charge in [-0.05, 0) is 83.5 Å². The zero-order valence-corrected chi connectivity index (χ0v) is 44.1. The van der Waals surface area contributed by atoms with Crippen molar-refractivity contribution in [3.05, 3.63) is 48.6 Å². The minimum Gasteiger partial charge on any atom is -0.462 e. The molecule has 0 fully saturated rings. The van der Waals surface area contributed by atoms with Crippen LogP contribution in [0, 0.1) is 0 Å². The van der Waals surface area contributed by atoms with E-state index in [2.05, 4.69) is 74.7 Å². The van der Waals surface area contributed by atoms with Crippen molar-refractivity contribution in [3.63, 3.8) is 0 Å². The second-order valence-electron chi connectivity index (χ2n) is 19.7. The molecule has 0 rings (SSSR count). The van der Waals surface area contributed by atoms with Crippen molar-refractivity contribution in [2.45, 2.75) is 315 Å². The second-order valence-corrected chi connectivity index (χ2v) is 19.7. The van der Waals surface area contributed by atoms with Gasteiger partial charge in [-0.1, -0.05) is 249 Å². The molecule has 0 radical (unpaired) electrons. The van der Waals surface area contributed by atoms with Crippen LogP contribution in [-0.2, 0) is 14.3 Å². The molecule has 0 heterocycles. The molecule has 3 unspecified atom stereocenters. The summed E-state index contributed by atoms with van der Waals surface area (Å²) in [4.78, 5) is 26.3. The molecule has 0 aromatic rings. The van der Waals surface area contributed by atoms with Gasteiger partial charge in [-0.3, -0.25) is 9.59 Å².